The number of esters is 1. The van der Waals surface area contributed by atoms with Crippen LogP contribution in [0.15, 0.2) is 0 Å². The summed E-state index contributed by atoms with van der Waals surface area (Å²) in [5.41, 5.74) is 0. The molecule has 130 valence electrons. The molecule has 0 atom stereocenters. The quantitative estimate of drug-likeness (QED) is 0.247. The predicted octanol–water partition coefficient (Wildman–Crippen LogP) is 0.531. The van der Waals surface area contributed by atoms with Crippen LogP contribution in [0.4, 0.5) is 0 Å². The van der Waals surface area contributed by atoms with Gasteiger partial charge < -0.3 is 9.29 Å². The van der Waals surface area contributed by atoms with Gasteiger partial charge in [-0.3, -0.25) is 4.79 Å². The van der Waals surface area contributed by atoms with Gasteiger partial charge in [0.25, 0.3) is 0 Å². The van der Waals surface area contributed by atoms with E-state index in [-0.39, 0.29) is 41.6 Å². The molecule has 0 saturated heterocycles. The fraction of sp³-hybridized carbons (Fsp3) is 0.938. The molecule has 0 heterocycles. The van der Waals surface area contributed by atoms with E-state index in [0.29, 0.717) is 32.1 Å². The molecule has 1 saturated carbocycles. The number of hydrogen-bond acceptors (Lipinski definition) is 5. The second-order valence-corrected chi connectivity index (χ2v) is 7.90. The van der Waals surface area contributed by atoms with Crippen molar-refractivity contribution >= 4 is 16.1 Å². The molecule has 0 amide bonds. The number of carbonyl (C=O) groups excluding carboxylic acids is 1. The van der Waals surface area contributed by atoms with Crippen molar-refractivity contribution in [3.8, 4) is 0 Å². The molecular formula is C16H29NaO5S. The van der Waals surface area contributed by atoms with Crippen molar-refractivity contribution in [3.05, 3.63) is 0 Å². The first-order valence-electron chi connectivity index (χ1n) is 8.57. The van der Waals surface area contributed by atoms with E-state index in [1.807, 2.05) is 0 Å². The fourth-order valence-corrected chi connectivity index (χ4v) is 3.76. The minimum Gasteiger partial charge on any atom is -0.748 e. The molecule has 0 aromatic rings. The fourth-order valence-electron chi connectivity index (χ4n) is 2.91. The molecule has 0 radical (unpaired) electrons. The van der Waals surface area contributed by atoms with Crippen LogP contribution in [-0.4, -0.2) is 30.3 Å². The van der Waals surface area contributed by atoms with Crippen molar-refractivity contribution < 1.29 is 52.1 Å². The van der Waals surface area contributed by atoms with E-state index < -0.39 is 15.4 Å². The molecular weight excluding hydrogens is 327 g/mol. The first-order valence-corrected chi connectivity index (χ1v) is 10.0. The third-order valence-electron chi connectivity index (χ3n) is 4.31. The standard InChI is InChI=1S/C16H30O5S.Na/c1-2-3-4-5-6-7-8-9-16(17)21-14-10-12-15(13-11-14)22(18,19)20;/h14-15H,2-13H2,1H3,(H,18,19,20);/q;+1/p-1. The van der Waals surface area contributed by atoms with Crippen molar-refractivity contribution in [1.82, 2.24) is 0 Å². The second-order valence-electron chi connectivity index (χ2n) is 6.25. The summed E-state index contributed by atoms with van der Waals surface area (Å²) >= 11 is 0. The minimum atomic E-state index is -4.20. The topological polar surface area (TPSA) is 83.5 Å². The van der Waals surface area contributed by atoms with E-state index in [9.17, 15) is 17.8 Å². The molecule has 1 aliphatic carbocycles. The van der Waals surface area contributed by atoms with Gasteiger partial charge in [-0.15, -0.1) is 0 Å². The van der Waals surface area contributed by atoms with Crippen molar-refractivity contribution in [2.24, 2.45) is 0 Å². The van der Waals surface area contributed by atoms with Crippen LogP contribution in [-0.2, 0) is 19.6 Å². The maximum Gasteiger partial charge on any atom is 1.00 e. The molecule has 1 fully saturated rings. The van der Waals surface area contributed by atoms with Gasteiger partial charge in [-0.2, -0.15) is 0 Å². The van der Waals surface area contributed by atoms with Gasteiger partial charge in [0.1, 0.15) is 6.10 Å². The Morgan fingerprint density at radius 2 is 1.52 bits per heavy atom. The third kappa shape index (κ3) is 10.8. The maximum absolute atomic E-state index is 11.7. The first kappa shape index (κ1) is 23.4. The van der Waals surface area contributed by atoms with Crippen LogP contribution in [0, 0.1) is 0 Å². The van der Waals surface area contributed by atoms with Crippen LogP contribution in [0.5, 0.6) is 0 Å². The summed E-state index contributed by atoms with van der Waals surface area (Å²) in [6, 6.07) is 0. The third-order valence-corrected chi connectivity index (χ3v) is 5.60. The molecule has 0 unspecified atom stereocenters. The normalized spacial score (nSPS) is 21.5. The SMILES string of the molecule is CCCCCCCCCC(=O)OC1CCC(S(=O)(=O)[O-])CC1.[Na+]. The van der Waals surface area contributed by atoms with Crippen LogP contribution in [0.25, 0.3) is 0 Å². The molecule has 0 N–H and O–H groups in total. The Morgan fingerprint density at radius 1 is 1.00 bits per heavy atom. The number of ether oxygens (including phenoxy) is 1. The zero-order valence-corrected chi connectivity index (χ0v) is 17.4. The van der Waals surface area contributed by atoms with Gasteiger partial charge >= 0.3 is 35.5 Å². The van der Waals surface area contributed by atoms with Crippen molar-refractivity contribution in [1.29, 1.82) is 0 Å². The molecule has 23 heavy (non-hydrogen) atoms. The molecule has 0 aromatic heterocycles. The number of carbonyl (C=O) groups is 1. The van der Waals surface area contributed by atoms with E-state index in [0.717, 1.165) is 12.8 Å². The summed E-state index contributed by atoms with van der Waals surface area (Å²) in [5, 5.41) is -0.800. The van der Waals surface area contributed by atoms with Gasteiger partial charge in [0, 0.05) is 11.7 Å². The largest absolute Gasteiger partial charge is 1.00 e. The summed E-state index contributed by atoms with van der Waals surface area (Å²) in [6.45, 7) is 2.19. The van der Waals surface area contributed by atoms with E-state index in [2.05, 4.69) is 6.92 Å². The minimum absolute atomic E-state index is 0. The predicted molar refractivity (Wildman–Crippen MR) is 84.4 cm³/mol. The van der Waals surface area contributed by atoms with Gasteiger partial charge in [0.2, 0.25) is 0 Å². The van der Waals surface area contributed by atoms with Crippen LogP contribution in [0.2, 0.25) is 0 Å². The van der Waals surface area contributed by atoms with E-state index in [1.54, 1.807) is 0 Å². The molecule has 0 aromatic carbocycles. The Hall–Kier alpha value is 0.380. The smallest absolute Gasteiger partial charge is 0.748 e. The molecule has 5 nitrogen and oxygen atoms in total. The second kappa shape index (κ2) is 12.7. The average Bonchev–Trinajstić information content (AvgIpc) is 2.46. The summed E-state index contributed by atoms with van der Waals surface area (Å²) in [7, 11) is -4.20. The Balaban J connectivity index is 0.00000484. The van der Waals surface area contributed by atoms with Crippen LogP contribution >= 0.6 is 0 Å². The Morgan fingerprint density at radius 3 is 2.04 bits per heavy atom. The van der Waals surface area contributed by atoms with Crippen molar-refractivity contribution in [3.63, 3.8) is 0 Å². The zero-order chi connectivity index (χ0) is 16.4. The van der Waals surface area contributed by atoms with Crippen molar-refractivity contribution in [2.75, 3.05) is 0 Å². The van der Waals surface area contributed by atoms with Gasteiger partial charge in [-0.25, -0.2) is 8.42 Å². The van der Waals surface area contributed by atoms with Crippen LogP contribution in [0.1, 0.15) is 84.0 Å². The van der Waals surface area contributed by atoms with Gasteiger partial charge in [-0.1, -0.05) is 45.4 Å². The van der Waals surface area contributed by atoms with E-state index in [1.165, 1.54) is 32.1 Å². The van der Waals surface area contributed by atoms with Gasteiger partial charge in [0.05, 0.1) is 10.1 Å². The number of hydrogen-bond donors (Lipinski definition) is 0. The summed E-state index contributed by atoms with van der Waals surface area (Å²) in [5.74, 6) is -0.193. The Kier molecular flexibility index (Phi) is 12.9. The molecule has 0 spiro atoms. The Labute approximate surface area is 163 Å². The number of unbranched alkanes of at least 4 members (excludes halogenated alkanes) is 6. The monoisotopic (exact) mass is 356 g/mol. The van der Waals surface area contributed by atoms with Crippen molar-refractivity contribution in [2.45, 2.75) is 95.3 Å². The first-order chi connectivity index (χ1) is 10.4. The van der Waals surface area contributed by atoms with Crippen LogP contribution in [0.3, 0.4) is 0 Å². The summed E-state index contributed by atoms with van der Waals surface area (Å²) in [6.07, 6.45) is 9.90. The molecule has 0 bridgehead atoms. The van der Waals surface area contributed by atoms with E-state index >= 15 is 0 Å². The van der Waals surface area contributed by atoms with Gasteiger partial charge in [-0.05, 0) is 32.1 Å². The number of rotatable bonds is 10. The maximum atomic E-state index is 11.7. The molecule has 1 aliphatic rings. The molecule has 7 heteroatoms. The molecule has 0 aliphatic heterocycles. The summed E-state index contributed by atoms with van der Waals surface area (Å²) in [4.78, 5) is 11.7. The molecule has 1 rings (SSSR count). The van der Waals surface area contributed by atoms with Gasteiger partial charge in [0.15, 0.2) is 0 Å². The zero-order valence-electron chi connectivity index (χ0n) is 14.6. The Bertz CT molecular complexity index is 416. The van der Waals surface area contributed by atoms with Crippen LogP contribution < -0.4 is 29.6 Å². The average molecular weight is 356 g/mol. The summed E-state index contributed by atoms with van der Waals surface area (Å²) < 4.78 is 38.1. The van der Waals surface area contributed by atoms with E-state index in [4.69, 9.17) is 4.74 Å².